The highest BCUT2D eigenvalue weighted by molar-refractivity contribution is 9.10. The minimum Gasteiger partial charge on any atom is -0.219 e. The highest BCUT2D eigenvalue weighted by Gasteiger charge is 2.24. The molecule has 0 aromatic heterocycles. The third kappa shape index (κ3) is 1.34. The van der Waals surface area contributed by atoms with E-state index in [-0.39, 0.29) is 0 Å². The Morgan fingerprint density at radius 3 is 2.69 bits per heavy atom. The second kappa shape index (κ2) is 2.69. The van der Waals surface area contributed by atoms with Gasteiger partial charge in [0.15, 0.2) is 0 Å². The number of halogens is 1. The second-order valence-electron chi connectivity index (χ2n) is 2.99. The van der Waals surface area contributed by atoms with Crippen LogP contribution >= 0.6 is 15.9 Å². The van der Waals surface area contributed by atoms with Crippen LogP contribution in [-0.2, 0) is 9.84 Å². The Morgan fingerprint density at radius 1 is 1.31 bits per heavy atom. The number of hydrogen-bond acceptors (Lipinski definition) is 2. The SMILES string of the molecule is CC1=CS(=O)(=O)c2cc(Br)ccc21. The molecule has 1 aliphatic heterocycles. The van der Waals surface area contributed by atoms with E-state index >= 15 is 0 Å². The molecule has 1 aromatic rings. The van der Waals surface area contributed by atoms with Gasteiger partial charge < -0.3 is 0 Å². The lowest BCUT2D eigenvalue weighted by atomic mass is 10.1. The van der Waals surface area contributed by atoms with Gasteiger partial charge in [0.05, 0.1) is 4.90 Å². The molecule has 4 heteroatoms. The van der Waals surface area contributed by atoms with Crippen LogP contribution in [0.3, 0.4) is 0 Å². The number of rotatable bonds is 0. The number of sulfone groups is 1. The molecular weight excluding hydrogens is 252 g/mol. The highest BCUT2D eigenvalue weighted by atomic mass is 79.9. The van der Waals surface area contributed by atoms with E-state index in [2.05, 4.69) is 15.9 Å². The molecule has 0 spiro atoms. The number of benzene rings is 1. The van der Waals surface area contributed by atoms with E-state index in [1.165, 1.54) is 5.41 Å². The second-order valence-corrected chi connectivity index (χ2v) is 5.67. The standard InChI is InChI=1S/C9H7BrO2S/c1-6-5-13(11,12)9-4-7(10)2-3-8(6)9/h2-5H,1H3. The summed E-state index contributed by atoms with van der Waals surface area (Å²) in [5.41, 5.74) is 1.62. The molecule has 0 radical (unpaired) electrons. The van der Waals surface area contributed by atoms with Crippen LogP contribution in [0.25, 0.3) is 5.57 Å². The Morgan fingerprint density at radius 2 is 2.00 bits per heavy atom. The van der Waals surface area contributed by atoms with Gasteiger partial charge >= 0.3 is 0 Å². The molecule has 1 heterocycles. The predicted octanol–water partition coefficient (Wildman–Crippen LogP) is 2.60. The minimum atomic E-state index is -3.17. The summed E-state index contributed by atoms with van der Waals surface area (Å²) < 4.78 is 23.8. The van der Waals surface area contributed by atoms with Crippen molar-refractivity contribution in [3.05, 3.63) is 33.6 Å². The van der Waals surface area contributed by atoms with Crippen LogP contribution in [0, 0.1) is 0 Å². The van der Waals surface area contributed by atoms with Crippen molar-refractivity contribution >= 4 is 31.3 Å². The van der Waals surface area contributed by atoms with Crippen LogP contribution in [0.5, 0.6) is 0 Å². The quantitative estimate of drug-likeness (QED) is 0.717. The molecule has 1 aliphatic rings. The molecular formula is C9H7BrO2S. The van der Waals surface area contributed by atoms with Gasteiger partial charge in [-0.2, -0.15) is 0 Å². The van der Waals surface area contributed by atoms with Crippen molar-refractivity contribution in [2.45, 2.75) is 11.8 Å². The molecule has 0 unspecified atom stereocenters. The first-order valence-corrected chi connectivity index (χ1v) is 6.08. The fourth-order valence-corrected chi connectivity index (χ4v) is 3.48. The monoisotopic (exact) mass is 258 g/mol. The number of hydrogen-bond donors (Lipinski definition) is 0. The molecule has 0 saturated heterocycles. The molecule has 0 amide bonds. The van der Waals surface area contributed by atoms with E-state index < -0.39 is 9.84 Å². The summed E-state index contributed by atoms with van der Waals surface area (Å²) in [6, 6.07) is 5.30. The van der Waals surface area contributed by atoms with Crippen LogP contribution in [-0.4, -0.2) is 8.42 Å². The van der Waals surface area contributed by atoms with Crippen molar-refractivity contribution in [3.63, 3.8) is 0 Å². The first kappa shape index (κ1) is 8.97. The summed E-state index contributed by atoms with van der Waals surface area (Å²) in [7, 11) is -3.17. The average Bonchev–Trinajstić information content (AvgIpc) is 2.23. The van der Waals surface area contributed by atoms with E-state index in [0.29, 0.717) is 4.90 Å². The van der Waals surface area contributed by atoms with E-state index in [4.69, 9.17) is 0 Å². The van der Waals surface area contributed by atoms with Gasteiger partial charge in [-0.15, -0.1) is 0 Å². The molecule has 0 atom stereocenters. The van der Waals surface area contributed by atoms with E-state index in [0.717, 1.165) is 15.6 Å². The van der Waals surface area contributed by atoms with Crippen molar-refractivity contribution in [3.8, 4) is 0 Å². The van der Waals surface area contributed by atoms with E-state index in [1.807, 2.05) is 12.1 Å². The van der Waals surface area contributed by atoms with Crippen molar-refractivity contribution in [1.29, 1.82) is 0 Å². The summed E-state index contributed by atoms with van der Waals surface area (Å²) >= 11 is 3.25. The third-order valence-electron chi connectivity index (χ3n) is 2.01. The first-order chi connectivity index (χ1) is 6.00. The lowest BCUT2D eigenvalue weighted by Crippen LogP contribution is -1.92. The van der Waals surface area contributed by atoms with Gasteiger partial charge in [0.1, 0.15) is 0 Å². The largest absolute Gasteiger partial charge is 0.219 e. The van der Waals surface area contributed by atoms with Crippen molar-refractivity contribution in [2.24, 2.45) is 0 Å². The minimum absolute atomic E-state index is 0.402. The fourth-order valence-electron chi connectivity index (χ4n) is 1.42. The zero-order chi connectivity index (χ0) is 9.64. The Bertz CT molecular complexity index is 500. The van der Waals surface area contributed by atoms with Gasteiger partial charge in [0, 0.05) is 9.88 Å². The van der Waals surface area contributed by atoms with Crippen molar-refractivity contribution in [2.75, 3.05) is 0 Å². The predicted molar refractivity (Wildman–Crippen MR) is 55.0 cm³/mol. The van der Waals surface area contributed by atoms with Gasteiger partial charge in [0.25, 0.3) is 0 Å². The number of allylic oxidation sites excluding steroid dienone is 1. The summed E-state index contributed by atoms with van der Waals surface area (Å²) in [6.45, 7) is 1.80. The maximum absolute atomic E-state index is 11.5. The van der Waals surface area contributed by atoms with Gasteiger partial charge in [0.2, 0.25) is 9.84 Å². The van der Waals surface area contributed by atoms with Gasteiger partial charge in [-0.25, -0.2) is 8.42 Å². The Kier molecular flexibility index (Phi) is 1.85. The Balaban J connectivity index is 2.83. The maximum atomic E-state index is 11.5. The lowest BCUT2D eigenvalue weighted by Gasteiger charge is -1.99. The third-order valence-corrected chi connectivity index (χ3v) is 4.11. The molecule has 2 nitrogen and oxygen atoms in total. The van der Waals surface area contributed by atoms with Crippen LogP contribution < -0.4 is 0 Å². The summed E-state index contributed by atoms with van der Waals surface area (Å²) in [5.74, 6) is 0. The van der Waals surface area contributed by atoms with E-state index in [9.17, 15) is 8.42 Å². The normalized spacial score (nSPS) is 18.2. The average molecular weight is 259 g/mol. The maximum Gasteiger partial charge on any atom is 0.200 e. The first-order valence-electron chi connectivity index (χ1n) is 3.74. The van der Waals surface area contributed by atoms with Crippen LogP contribution in [0.15, 0.2) is 33.0 Å². The molecule has 2 rings (SSSR count). The van der Waals surface area contributed by atoms with Crippen molar-refractivity contribution < 1.29 is 8.42 Å². The van der Waals surface area contributed by atoms with Crippen LogP contribution in [0.1, 0.15) is 12.5 Å². The molecule has 68 valence electrons. The number of fused-ring (bicyclic) bond motifs is 1. The smallest absolute Gasteiger partial charge is 0.200 e. The molecule has 0 saturated carbocycles. The Labute approximate surface area is 85.3 Å². The summed E-state index contributed by atoms with van der Waals surface area (Å²) in [5, 5.41) is 1.31. The van der Waals surface area contributed by atoms with Gasteiger partial charge in [-0.05, 0) is 30.2 Å². The molecule has 1 aromatic carbocycles. The molecule has 0 N–H and O–H groups in total. The van der Waals surface area contributed by atoms with Crippen molar-refractivity contribution in [1.82, 2.24) is 0 Å². The molecule has 0 fully saturated rings. The molecule has 0 aliphatic carbocycles. The Hall–Kier alpha value is -0.610. The summed E-state index contributed by atoms with van der Waals surface area (Å²) in [4.78, 5) is 0.402. The molecule has 13 heavy (non-hydrogen) atoms. The molecule has 0 bridgehead atoms. The topological polar surface area (TPSA) is 34.1 Å². The fraction of sp³-hybridized carbons (Fsp3) is 0.111. The van der Waals surface area contributed by atoms with Crippen LogP contribution in [0.4, 0.5) is 0 Å². The lowest BCUT2D eigenvalue weighted by molar-refractivity contribution is 0.605. The van der Waals surface area contributed by atoms with Crippen LogP contribution in [0.2, 0.25) is 0 Å². The van der Waals surface area contributed by atoms with Gasteiger partial charge in [-0.1, -0.05) is 22.0 Å². The zero-order valence-corrected chi connectivity index (χ0v) is 9.31. The highest BCUT2D eigenvalue weighted by Crippen LogP contribution is 2.34. The van der Waals surface area contributed by atoms with Gasteiger partial charge in [-0.3, -0.25) is 0 Å². The summed E-state index contributed by atoms with van der Waals surface area (Å²) in [6.07, 6.45) is 0. The van der Waals surface area contributed by atoms with E-state index in [1.54, 1.807) is 13.0 Å². The zero-order valence-electron chi connectivity index (χ0n) is 6.91.